The van der Waals surface area contributed by atoms with Crippen molar-refractivity contribution in [3.63, 3.8) is 0 Å². The first kappa shape index (κ1) is 12.6. The van der Waals surface area contributed by atoms with Crippen LogP contribution in [0.2, 0.25) is 0 Å². The molecule has 1 aromatic rings. The van der Waals surface area contributed by atoms with Gasteiger partial charge in [0.15, 0.2) is 11.5 Å². The quantitative estimate of drug-likeness (QED) is 0.851. The minimum Gasteiger partial charge on any atom is -0.489 e. The zero-order valence-corrected chi connectivity index (χ0v) is 11.4. The maximum absolute atomic E-state index is 6.17. The van der Waals surface area contributed by atoms with E-state index < -0.39 is 0 Å². The second-order valence-electron chi connectivity index (χ2n) is 5.20. The monoisotopic (exact) mass is 263 g/mol. The van der Waals surface area contributed by atoms with Crippen molar-refractivity contribution in [2.75, 3.05) is 13.8 Å². The van der Waals surface area contributed by atoms with Crippen LogP contribution in [0, 0.1) is 0 Å². The van der Waals surface area contributed by atoms with E-state index in [0.29, 0.717) is 12.8 Å². The van der Waals surface area contributed by atoms with Crippen molar-refractivity contribution >= 4 is 0 Å². The van der Waals surface area contributed by atoms with E-state index in [2.05, 4.69) is 5.32 Å². The number of likely N-dealkylation sites (N-methyl/N-ethyl adjacent to an activating group) is 1. The Hall–Kier alpha value is -1.42. The molecule has 0 bridgehead atoms. The highest BCUT2D eigenvalue weighted by Crippen LogP contribution is 2.36. The van der Waals surface area contributed by atoms with Gasteiger partial charge in [0.2, 0.25) is 6.79 Å². The molecule has 19 heavy (non-hydrogen) atoms. The van der Waals surface area contributed by atoms with Crippen LogP contribution in [0.4, 0.5) is 0 Å². The van der Waals surface area contributed by atoms with Crippen LogP contribution in [-0.4, -0.2) is 26.0 Å². The molecule has 2 unspecified atom stereocenters. The lowest BCUT2D eigenvalue weighted by Gasteiger charge is -2.25. The number of fused-ring (bicyclic) bond motifs is 1. The van der Waals surface area contributed by atoms with E-state index in [-0.39, 0.29) is 6.10 Å². The Kier molecular flexibility index (Phi) is 3.78. The molecule has 4 nitrogen and oxygen atoms in total. The van der Waals surface area contributed by atoms with Gasteiger partial charge >= 0.3 is 0 Å². The lowest BCUT2D eigenvalue weighted by molar-refractivity contribution is 0.148. The van der Waals surface area contributed by atoms with Crippen LogP contribution in [-0.2, 0) is 0 Å². The molecule has 0 spiro atoms. The maximum atomic E-state index is 6.17. The molecule has 0 aromatic heterocycles. The molecule has 0 amide bonds. The highest BCUT2D eigenvalue weighted by molar-refractivity contribution is 5.46. The SMILES string of the molecule is CNC1CCCCCC1Oc1ccc2c(c1)OCO2. The van der Waals surface area contributed by atoms with Crippen molar-refractivity contribution < 1.29 is 14.2 Å². The largest absolute Gasteiger partial charge is 0.489 e. The Labute approximate surface area is 114 Å². The van der Waals surface area contributed by atoms with Crippen LogP contribution in [0.5, 0.6) is 17.2 Å². The molecule has 1 aliphatic heterocycles. The van der Waals surface area contributed by atoms with E-state index in [1.165, 1.54) is 25.7 Å². The molecule has 104 valence electrons. The van der Waals surface area contributed by atoms with Crippen molar-refractivity contribution in [2.24, 2.45) is 0 Å². The van der Waals surface area contributed by atoms with Gasteiger partial charge in [-0.25, -0.2) is 0 Å². The van der Waals surface area contributed by atoms with E-state index >= 15 is 0 Å². The first-order chi connectivity index (χ1) is 9.36. The molecular formula is C15H21NO3. The third-order valence-electron chi connectivity index (χ3n) is 3.95. The Morgan fingerprint density at radius 3 is 2.84 bits per heavy atom. The standard InChI is InChI=1S/C15H21NO3/c1-16-12-5-3-2-4-6-13(12)19-11-7-8-14-15(9-11)18-10-17-14/h7-9,12-13,16H,2-6,10H2,1H3. The fourth-order valence-corrected chi connectivity index (χ4v) is 2.87. The summed E-state index contributed by atoms with van der Waals surface area (Å²) in [6, 6.07) is 6.25. The molecule has 0 saturated heterocycles. The Balaban J connectivity index is 1.72. The van der Waals surface area contributed by atoms with Gasteiger partial charge in [0.1, 0.15) is 11.9 Å². The van der Waals surface area contributed by atoms with Crippen LogP contribution in [0.15, 0.2) is 18.2 Å². The molecule has 1 aromatic carbocycles. The molecule has 2 atom stereocenters. The number of ether oxygens (including phenoxy) is 3. The highest BCUT2D eigenvalue weighted by Gasteiger charge is 2.24. The Morgan fingerprint density at radius 1 is 1.11 bits per heavy atom. The van der Waals surface area contributed by atoms with Gasteiger partial charge in [-0.1, -0.05) is 12.8 Å². The molecule has 1 fully saturated rings. The molecular weight excluding hydrogens is 242 g/mol. The second kappa shape index (κ2) is 5.70. The molecule has 1 aliphatic carbocycles. The van der Waals surface area contributed by atoms with Crippen LogP contribution in [0.25, 0.3) is 0 Å². The molecule has 2 aliphatic rings. The fourth-order valence-electron chi connectivity index (χ4n) is 2.87. The van der Waals surface area contributed by atoms with Crippen LogP contribution < -0.4 is 19.5 Å². The van der Waals surface area contributed by atoms with Gasteiger partial charge in [-0.3, -0.25) is 0 Å². The zero-order chi connectivity index (χ0) is 13.1. The summed E-state index contributed by atoms with van der Waals surface area (Å²) < 4.78 is 16.9. The molecule has 4 heteroatoms. The molecule has 1 heterocycles. The average molecular weight is 263 g/mol. The lowest BCUT2D eigenvalue weighted by Crippen LogP contribution is -2.40. The molecule has 1 saturated carbocycles. The predicted molar refractivity (Wildman–Crippen MR) is 72.9 cm³/mol. The van der Waals surface area contributed by atoms with Gasteiger partial charge in [0.25, 0.3) is 0 Å². The third-order valence-corrected chi connectivity index (χ3v) is 3.95. The summed E-state index contributed by atoms with van der Waals surface area (Å²) in [5.41, 5.74) is 0. The van der Waals surface area contributed by atoms with E-state index in [4.69, 9.17) is 14.2 Å². The third kappa shape index (κ3) is 2.78. The van der Waals surface area contributed by atoms with Gasteiger partial charge < -0.3 is 19.5 Å². The van der Waals surface area contributed by atoms with Crippen molar-refractivity contribution in [1.82, 2.24) is 5.32 Å². The van der Waals surface area contributed by atoms with Gasteiger partial charge in [-0.05, 0) is 38.4 Å². The number of nitrogens with one attached hydrogen (secondary N) is 1. The van der Waals surface area contributed by atoms with Crippen molar-refractivity contribution in [3.8, 4) is 17.2 Å². The summed E-state index contributed by atoms with van der Waals surface area (Å²) in [6.07, 6.45) is 6.37. The molecule has 3 rings (SSSR count). The normalized spacial score (nSPS) is 25.9. The minimum absolute atomic E-state index is 0.243. The van der Waals surface area contributed by atoms with Gasteiger partial charge in [0, 0.05) is 12.1 Å². The maximum Gasteiger partial charge on any atom is 0.231 e. The molecule has 1 N–H and O–H groups in total. The summed E-state index contributed by atoms with van der Waals surface area (Å²) >= 11 is 0. The Morgan fingerprint density at radius 2 is 1.95 bits per heavy atom. The van der Waals surface area contributed by atoms with Crippen molar-refractivity contribution in [2.45, 2.75) is 44.2 Å². The van der Waals surface area contributed by atoms with Gasteiger partial charge in [-0.2, -0.15) is 0 Å². The van der Waals surface area contributed by atoms with Gasteiger partial charge in [0.05, 0.1) is 0 Å². The molecule has 0 radical (unpaired) electrons. The number of hydrogen-bond acceptors (Lipinski definition) is 4. The summed E-state index contributed by atoms with van der Waals surface area (Å²) in [6.45, 7) is 0.307. The van der Waals surface area contributed by atoms with Crippen LogP contribution in [0.1, 0.15) is 32.1 Å². The van der Waals surface area contributed by atoms with Gasteiger partial charge in [-0.15, -0.1) is 0 Å². The zero-order valence-electron chi connectivity index (χ0n) is 11.4. The van der Waals surface area contributed by atoms with Crippen LogP contribution in [0.3, 0.4) is 0 Å². The highest BCUT2D eigenvalue weighted by atomic mass is 16.7. The van der Waals surface area contributed by atoms with E-state index in [9.17, 15) is 0 Å². The Bertz CT molecular complexity index is 435. The van der Waals surface area contributed by atoms with Crippen molar-refractivity contribution in [3.05, 3.63) is 18.2 Å². The fraction of sp³-hybridized carbons (Fsp3) is 0.600. The summed E-state index contributed by atoms with van der Waals surface area (Å²) in [5, 5.41) is 3.39. The predicted octanol–water partition coefficient (Wildman–Crippen LogP) is 2.71. The van der Waals surface area contributed by atoms with E-state index in [0.717, 1.165) is 23.7 Å². The number of rotatable bonds is 3. The van der Waals surface area contributed by atoms with E-state index in [1.54, 1.807) is 0 Å². The first-order valence-electron chi connectivity index (χ1n) is 7.10. The lowest BCUT2D eigenvalue weighted by atomic mass is 10.1. The number of hydrogen-bond donors (Lipinski definition) is 1. The summed E-state index contributed by atoms with van der Waals surface area (Å²) in [7, 11) is 2.02. The minimum atomic E-state index is 0.243. The first-order valence-corrected chi connectivity index (χ1v) is 7.10. The number of benzene rings is 1. The second-order valence-corrected chi connectivity index (χ2v) is 5.20. The van der Waals surface area contributed by atoms with Crippen LogP contribution >= 0.6 is 0 Å². The smallest absolute Gasteiger partial charge is 0.231 e. The summed E-state index contributed by atoms with van der Waals surface area (Å²) in [5.74, 6) is 2.46. The van der Waals surface area contributed by atoms with Crippen molar-refractivity contribution in [1.29, 1.82) is 0 Å². The van der Waals surface area contributed by atoms with E-state index in [1.807, 2.05) is 25.2 Å². The average Bonchev–Trinajstić information content (AvgIpc) is 2.78. The topological polar surface area (TPSA) is 39.7 Å². The summed E-state index contributed by atoms with van der Waals surface area (Å²) in [4.78, 5) is 0.